The van der Waals surface area contributed by atoms with Gasteiger partial charge in [0.15, 0.2) is 0 Å². The van der Waals surface area contributed by atoms with E-state index in [2.05, 4.69) is 21.2 Å². The molecule has 1 aliphatic rings. The molecule has 0 bridgehead atoms. The van der Waals surface area contributed by atoms with Gasteiger partial charge in [0.25, 0.3) is 0 Å². The third-order valence-corrected chi connectivity index (χ3v) is 3.83. The maximum Gasteiger partial charge on any atom is 0.233 e. The Morgan fingerprint density at radius 1 is 1.32 bits per heavy atom. The molecule has 0 aliphatic carbocycles. The van der Waals surface area contributed by atoms with Gasteiger partial charge in [-0.1, -0.05) is 6.07 Å². The molecule has 102 valence electrons. The van der Waals surface area contributed by atoms with Gasteiger partial charge < -0.3 is 10.2 Å². The molecule has 2 amide bonds. The first-order valence-corrected chi connectivity index (χ1v) is 7.19. The number of hydrogen-bond donors (Lipinski definition) is 1. The lowest BCUT2D eigenvalue weighted by atomic mass is 10.2. The maximum absolute atomic E-state index is 11.8. The molecule has 1 saturated heterocycles. The van der Waals surface area contributed by atoms with Crippen molar-refractivity contribution in [3.8, 4) is 0 Å². The second-order valence-electron chi connectivity index (χ2n) is 4.80. The molecule has 2 rings (SSSR count). The minimum atomic E-state index is -0.263. The van der Waals surface area contributed by atoms with E-state index < -0.39 is 0 Å². The van der Waals surface area contributed by atoms with E-state index in [-0.39, 0.29) is 18.2 Å². The lowest BCUT2D eigenvalue weighted by molar-refractivity contribution is -0.133. The van der Waals surface area contributed by atoms with Gasteiger partial charge in [0, 0.05) is 17.6 Å². The van der Waals surface area contributed by atoms with Gasteiger partial charge in [0.1, 0.15) is 6.42 Å². The Hall–Kier alpha value is -1.36. The average Bonchev–Trinajstić information content (AvgIpc) is 2.86. The molecule has 0 unspecified atom stereocenters. The number of rotatable bonds is 3. The number of benzene rings is 1. The van der Waals surface area contributed by atoms with Gasteiger partial charge >= 0.3 is 0 Å². The summed E-state index contributed by atoms with van der Waals surface area (Å²) in [4.78, 5) is 25.4. The summed E-state index contributed by atoms with van der Waals surface area (Å²) in [6, 6.07) is 5.68. The van der Waals surface area contributed by atoms with Crippen molar-refractivity contribution in [2.75, 3.05) is 18.4 Å². The normalized spacial score (nSPS) is 14.5. The van der Waals surface area contributed by atoms with Gasteiger partial charge in [-0.15, -0.1) is 0 Å². The first-order chi connectivity index (χ1) is 9.06. The number of carbonyl (C=O) groups excluding carboxylic acids is 2. The van der Waals surface area contributed by atoms with Gasteiger partial charge in [0.2, 0.25) is 11.8 Å². The van der Waals surface area contributed by atoms with Crippen LogP contribution in [0.5, 0.6) is 0 Å². The van der Waals surface area contributed by atoms with Crippen LogP contribution in [0, 0.1) is 6.92 Å². The van der Waals surface area contributed by atoms with E-state index >= 15 is 0 Å². The molecule has 19 heavy (non-hydrogen) atoms. The van der Waals surface area contributed by atoms with E-state index in [1.54, 1.807) is 4.90 Å². The summed E-state index contributed by atoms with van der Waals surface area (Å²) in [7, 11) is 0. The minimum Gasteiger partial charge on any atom is -0.342 e. The van der Waals surface area contributed by atoms with Gasteiger partial charge in [0.05, 0.1) is 5.69 Å². The van der Waals surface area contributed by atoms with Crippen LogP contribution in [0.1, 0.15) is 24.8 Å². The van der Waals surface area contributed by atoms with Crippen LogP contribution >= 0.6 is 15.9 Å². The van der Waals surface area contributed by atoms with Crippen molar-refractivity contribution < 1.29 is 9.59 Å². The predicted molar refractivity (Wildman–Crippen MR) is 77.9 cm³/mol. The summed E-state index contributed by atoms with van der Waals surface area (Å²) < 4.78 is 0.828. The lowest BCUT2D eigenvalue weighted by Gasteiger charge is -2.15. The maximum atomic E-state index is 11.8. The zero-order chi connectivity index (χ0) is 13.8. The molecule has 1 heterocycles. The molecule has 0 aromatic heterocycles. The Bertz CT molecular complexity index is 496. The first-order valence-electron chi connectivity index (χ1n) is 6.40. The molecule has 0 atom stereocenters. The number of amides is 2. The molecule has 0 saturated carbocycles. The van der Waals surface area contributed by atoms with Crippen molar-refractivity contribution in [1.29, 1.82) is 0 Å². The highest BCUT2D eigenvalue weighted by atomic mass is 79.9. The molecule has 0 radical (unpaired) electrons. The Kier molecular flexibility index (Phi) is 4.58. The minimum absolute atomic E-state index is 0.0830. The molecule has 1 aromatic carbocycles. The summed E-state index contributed by atoms with van der Waals surface area (Å²) >= 11 is 3.40. The Balaban J connectivity index is 1.91. The smallest absolute Gasteiger partial charge is 0.233 e. The van der Waals surface area contributed by atoms with Crippen molar-refractivity contribution in [3.63, 3.8) is 0 Å². The SMILES string of the molecule is Cc1ccc(NC(=O)CC(=O)N2CCCC2)c(Br)c1. The topological polar surface area (TPSA) is 49.4 Å². The number of carbonyl (C=O) groups is 2. The number of halogens is 1. The number of hydrogen-bond acceptors (Lipinski definition) is 2. The van der Waals surface area contributed by atoms with Crippen LogP contribution in [0.25, 0.3) is 0 Å². The molecule has 1 N–H and O–H groups in total. The van der Waals surface area contributed by atoms with Crippen LogP contribution in [-0.2, 0) is 9.59 Å². The third-order valence-electron chi connectivity index (χ3n) is 3.17. The first kappa shape index (κ1) is 14.1. The van der Waals surface area contributed by atoms with E-state index in [1.807, 2.05) is 25.1 Å². The molecular weight excluding hydrogens is 308 g/mol. The van der Waals surface area contributed by atoms with E-state index in [0.717, 1.165) is 36.0 Å². The Morgan fingerprint density at radius 3 is 2.63 bits per heavy atom. The number of nitrogens with one attached hydrogen (secondary N) is 1. The summed E-state index contributed by atoms with van der Waals surface area (Å²) in [5.74, 6) is -0.348. The zero-order valence-corrected chi connectivity index (χ0v) is 12.5. The second-order valence-corrected chi connectivity index (χ2v) is 5.65. The number of likely N-dealkylation sites (tertiary alicyclic amines) is 1. The van der Waals surface area contributed by atoms with Crippen molar-refractivity contribution >= 4 is 33.4 Å². The second kappa shape index (κ2) is 6.19. The van der Waals surface area contributed by atoms with Gasteiger partial charge in [-0.25, -0.2) is 0 Å². The largest absolute Gasteiger partial charge is 0.342 e. The standard InChI is InChI=1S/C14H17BrN2O2/c1-10-4-5-12(11(15)8-10)16-13(18)9-14(19)17-6-2-3-7-17/h4-5,8H,2-3,6-7,9H2,1H3,(H,16,18). The van der Waals surface area contributed by atoms with Crippen LogP contribution in [0.3, 0.4) is 0 Å². The highest BCUT2D eigenvalue weighted by Gasteiger charge is 2.20. The van der Waals surface area contributed by atoms with E-state index in [4.69, 9.17) is 0 Å². The Labute approximate surface area is 121 Å². The molecule has 5 heteroatoms. The number of anilines is 1. The molecule has 4 nitrogen and oxygen atoms in total. The summed E-state index contributed by atoms with van der Waals surface area (Å²) in [5, 5.41) is 2.76. The molecule has 1 aromatic rings. The van der Waals surface area contributed by atoms with E-state index in [9.17, 15) is 9.59 Å². The number of aryl methyl sites for hydroxylation is 1. The monoisotopic (exact) mass is 324 g/mol. The molecule has 1 fully saturated rings. The fourth-order valence-corrected chi connectivity index (χ4v) is 2.72. The lowest BCUT2D eigenvalue weighted by Crippen LogP contribution is -2.31. The van der Waals surface area contributed by atoms with Crippen LogP contribution < -0.4 is 5.32 Å². The number of nitrogens with zero attached hydrogens (tertiary/aromatic N) is 1. The van der Waals surface area contributed by atoms with Crippen LogP contribution in [0.15, 0.2) is 22.7 Å². The quantitative estimate of drug-likeness (QED) is 0.869. The highest BCUT2D eigenvalue weighted by Crippen LogP contribution is 2.23. The molecular formula is C14H17BrN2O2. The fourth-order valence-electron chi connectivity index (χ4n) is 2.13. The average molecular weight is 325 g/mol. The van der Waals surface area contributed by atoms with Crippen molar-refractivity contribution in [3.05, 3.63) is 28.2 Å². The summed E-state index contributed by atoms with van der Waals surface area (Å²) in [5.41, 5.74) is 1.81. The van der Waals surface area contributed by atoms with Gasteiger partial charge in [-0.3, -0.25) is 9.59 Å². The predicted octanol–water partition coefficient (Wildman–Crippen LogP) is 2.71. The van der Waals surface area contributed by atoms with Gasteiger partial charge in [-0.05, 0) is 53.4 Å². The fraction of sp³-hybridized carbons (Fsp3) is 0.429. The highest BCUT2D eigenvalue weighted by molar-refractivity contribution is 9.10. The van der Waals surface area contributed by atoms with E-state index in [0.29, 0.717) is 5.69 Å². The summed E-state index contributed by atoms with van der Waals surface area (Å²) in [6.07, 6.45) is 1.99. The Morgan fingerprint density at radius 2 is 2.00 bits per heavy atom. The van der Waals surface area contributed by atoms with Crippen molar-refractivity contribution in [1.82, 2.24) is 4.90 Å². The summed E-state index contributed by atoms with van der Waals surface area (Å²) in [6.45, 7) is 3.54. The third kappa shape index (κ3) is 3.80. The van der Waals surface area contributed by atoms with Crippen LogP contribution in [-0.4, -0.2) is 29.8 Å². The van der Waals surface area contributed by atoms with Crippen molar-refractivity contribution in [2.24, 2.45) is 0 Å². The zero-order valence-electron chi connectivity index (χ0n) is 10.9. The van der Waals surface area contributed by atoms with Crippen molar-refractivity contribution in [2.45, 2.75) is 26.2 Å². The molecule has 0 spiro atoms. The van der Waals surface area contributed by atoms with E-state index in [1.165, 1.54) is 0 Å². The van der Waals surface area contributed by atoms with Crippen LogP contribution in [0.4, 0.5) is 5.69 Å². The van der Waals surface area contributed by atoms with Crippen LogP contribution in [0.2, 0.25) is 0 Å². The molecule has 1 aliphatic heterocycles. The van der Waals surface area contributed by atoms with Gasteiger partial charge in [-0.2, -0.15) is 0 Å².